The molecule has 0 N–H and O–H groups in total. The van der Waals surface area contributed by atoms with Gasteiger partial charge in [-0.15, -0.1) is 0 Å². The van der Waals surface area contributed by atoms with E-state index in [9.17, 15) is 4.39 Å². The Labute approximate surface area is 190 Å². The molecule has 0 radical (unpaired) electrons. The third-order valence-electron chi connectivity index (χ3n) is 7.14. The Hall–Kier alpha value is -2.69. The predicted molar refractivity (Wildman–Crippen MR) is 126 cm³/mol. The van der Waals surface area contributed by atoms with Crippen LogP contribution in [0, 0.1) is 5.82 Å². The highest BCUT2D eigenvalue weighted by Gasteiger charge is 2.42. The maximum absolute atomic E-state index is 14.7. The predicted octanol–water partition coefficient (Wildman–Crippen LogP) is 5.32. The molecule has 0 bridgehead atoms. The number of nitrogens with zero attached hydrogens (tertiary/aromatic N) is 2. The van der Waals surface area contributed by atoms with Gasteiger partial charge in [-0.1, -0.05) is 66.7 Å². The number of ether oxygens (including phenoxy) is 1. The summed E-state index contributed by atoms with van der Waals surface area (Å²) in [5, 5.41) is 0. The Balaban J connectivity index is 1.50. The number of rotatable bonds is 6. The normalized spacial score (nSPS) is 21.6. The minimum absolute atomic E-state index is 0.183. The number of fused-ring (bicyclic) bond motifs is 1. The van der Waals surface area contributed by atoms with Crippen molar-refractivity contribution in [1.82, 2.24) is 9.80 Å². The van der Waals surface area contributed by atoms with Crippen LogP contribution in [0.1, 0.15) is 35.4 Å². The van der Waals surface area contributed by atoms with Crippen LogP contribution >= 0.6 is 0 Å². The minimum Gasteiger partial charge on any atom is -0.496 e. The van der Waals surface area contributed by atoms with Gasteiger partial charge < -0.3 is 4.74 Å². The van der Waals surface area contributed by atoms with Crippen LogP contribution in [0.3, 0.4) is 0 Å². The molecule has 0 spiro atoms. The van der Waals surface area contributed by atoms with Gasteiger partial charge in [0.2, 0.25) is 0 Å². The van der Waals surface area contributed by atoms with Crippen molar-refractivity contribution in [2.45, 2.75) is 37.4 Å². The molecule has 0 saturated carbocycles. The molecule has 3 aromatic carbocycles. The summed E-state index contributed by atoms with van der Waals surface area (Å²) in [6, 6.07) is 27.7. The molecule has 2 atom stereocenters. The first-order valence-corrected chi connectivity index (χ1v) is 11.6. The van der Waals surface area contributed by atoms with Gasteiger partial charge in [0, 0.05) is 43.2 Å². The van der Waals surface area contributed by atoms with Gasteiger partial charge in [0.1, 0.15) is 11.6 Å². The van der Waals surface area contributed by atoms with Crippen LogP contribution < -0.4 is 4.74 Å². The number of halogens is 1. The SMILES string of the molecule is COc1cccc(F)c1CN1CC(C(c2ccccc2)c2ccccc2)N2CCC[C@H]2C1. The molecule has 166 valence electrons. The molecule has 5 rings (SSSR count). The lowest BCUT2D eigenvalue weighted by molar-refractivity contribution is 0.0375. The van der Waals surface area contributed by atoms with Gasteiger partial charge in [-0.25, -0.2) is 4.39 Å². The highest BCUT2D eigenvalue weighted by molar-refractivity contribution is 5.36. The Morgan fingerprint density at radius 2 is 1.59 bits per heavy atom. The number of piperazine rings is 1. The summed E-state index contributed by atoms with van der Waals surface area (Å²) in [5.74, 6) is 0.735. The summed E-state index contributed by atoms with van der Waals surface area (Å²) in [6.07, 6.45) is 2.44. The number of methoxy groups -OCH3 is 1. The molecule has 1 unspecified atom stereocenters. The molecule has 2 fully saturated rings. The Bertz CT molecular complexity index is 987. The van der Waals surface area contributed by atoms with Crippen molar-refractivity contribution < 1.29 is 9.13 Å². The minimum atomic E-state index is -0.183. The fourth-order valence-corrected chi connectivity index (χ4v) is 5.72. The molecule has 3 nitrogen and oxygen atoms in total. The first-order chi connectivity index (χ1) is 15.7. The van der Waals surface area contributed by atoms with E-state index in [1.54, 1.807) is 13.2 Å². The average Bonchev–Trinajstić information content (AvgIpc) is 3.31. The third-order valence-corrected chi connectivity index (χ3v) is 7.14. The van der Waals surface area contributed by atoms with E-state index in [1.807, 2.05) is 6.07 Å². The van der Waals surface area contributed by atoms with Gasteiger partial charge in [0.25, 0.3) is 0 Å². The Morgan fingerprint density at radius 3 is 2.25 bits per heavy atom. The molecule has 0 aromatic heterocycles. The maximum Gasteiger partial charge on any atom is 0.131 e. The van der Waals surface area contributed by atoms with E-state index in [-0.39, 0.29) is 11.7 Å². The van der Waals surface area contributed by atoms with E-state index in [1.165, 1.54) is 30.0 Å². The summed E-state index contributed by atoms with van der Waals surface area (Å²) in [4.78, 5) is 5.16. The molecule has 2 aliphatic rings. The van der Waals surface area contributed by atoms with Crippen LogP contribution in [-0.4, -0.2) is 48.6 Å². The van der Waals surface area contributed by atoms with E-state index in [2.05, 4.69) is 70.5 Å². The van der Waals surface area contributed by atoms with E-state index < -0.39 is 0 Å². The molecule has 2 heterocycles. The van der Waals surface area contributed by atoms with Crippen LogP contribution in [0.15, 0.2) is 78.9 Å². The van der Waals surface area contributed by atoms with Crippen molar-refractivity contribution in [3.8, 4) is 5.75 Å². The first-order valence-electron chi connectivity index (χ1n) is 11.6. The van der Waals surface area contributed by atoms with Crippen molar-refractivity contribution in [2.24, 2.45) is 0 Å². The van der Waals surface area contributed by atoms with E-state index in [4.69, 9.17) is 4.74 Å². The van der Waals surface area contributed by atoms with Crippen molar-refractivity contribution in [3.05, 3.63) is 101 Å². The molecular formula is C28H31FN2O. The number of hydrogen-bond donors (Lipinski definition) is 0. The van der Waals surface area contributed by atoms with Crippen LogP contribution in [0.25, 0.3) is 0 Å². The zero-order valence-electron chi connectivity index (χ0n) is 18.7. The summed E-state index contributed by atoms with van der Waals surface area (Å²) < 4.78 is 20.2. The van der Waals surface area contributed by atoms with Gasteiger partial charge >= 0.3 is 0 Å². The third kappa shape index (κ3) is 4.17. The van der Waals surface area contributed by atoms with Crippen LogP contribution in [0.4, 0.5) is 4.39 Å². The lowest BCUT2D eigenvalue weighted by Gasteiger charge is -2.47. The van der Waals surface area contributed by atoms with Crippen LogP contribution in [0.2, 0.25) is 0 Å². The molecule has 2 saturated heterocycles. The summed E-state index contributed by atoms with van der Waals surface area (Å²) in [7, 11) is 1.62. The highest BCUT2D eigenvalue weighted by Crippen LogP contribution is 2.38. The number of benzene rings is 3. The van der Waals surface area contributed by atoms with Crippen molar-refractivity contribution in [2.75, 3.05) is 26.7 Å². The summed E-state index contributed by atoms with van der Waals surface area (Å²) in [5.41, 5.74) is 3.36. The molecule has 0 amide bonds. The van der Waals surface area contributed by atoms with Gasteiger partial charge in [-0.3, -0.25) is 9.80 Å². The Kier molecular flexibility index (Phi) is 6.24. The molecule has 4 heteroatoms. The fraction of sp³-hybridized carbons (Fsp3) is 0.357. The monoisotopic (exact) mass is 430 g/mol. The van der Waals surface area contributed by atoms with Gasteiger partial charge in [-0.2, -0.15) is 0 Å². The van der Waals surface area contributed by atoms with Gasteiger partial charge in [0.05, 0.1) is 7.11 Å². The first kappa shape index (κ1) is 21.2. The molecule has 0 aliphatic carbocycles. The lowest BCUT2D eigenvalue weighted by atomic mass is 9.82. The quantitative estimate of drug-likeness (QED) is 0.527. The highest BCUT2D eigenvalue weighted by atomic mass is 19.1. The molecule has 32 heavy (non-hydrogen) atoms. The maximum atomic E-state index is 14.7. The molecular weight excluding hydrogens is 399 g/mol. The number of hydrogen-bond acceptors (Lipinski definition) is 3. The second-order valence-electron chi connectivity index (χ2n) is 9.01. The average molecular weight is 431 g/mol. The topological polar surface area (TPSA) is 15.7 Å². The fourth-order valence-electron chi connectivity index (χ4n) is 5.72. The van der Waals surface area contributed by atoms with E-state index in [0.717, 1.165) is 19.6 Å². The van der Waals surface area contributed by atoms with E-state index in [0.29, 0.717) is 29.9 Å². The van der Waals surface area contributed by atoms with Crippen LogP contribution in [0.5, 0.6) is 5.75 Å². The standard InChI is InChI=1S/C28H31FN2O/c1-32-27-16-8-15-25(29)24(27)19-30-18-23-14-9-17-31(23)26(20-30)28(21-10-4-2-5-11-21)22-12-6-3-7-13-22/h2-8,10-13,15-16,23,26,28H,9,14,17-20H2,1H3/t23-,26?/m0/s1. The molecule has 3 aromatic rings. The largest absolute Gasteiger partial charge is 0.496 e. The van der Waals surface area contributed by atoms with E-state index >= 15 is 0 Å². The van der Waals surface area contributed by atoms with Gasteiger partial charge in [0.15, 0.2) is 0 Å². The summed E-state index contributed by atoms with van der Waals surface area (Å²) in [6.45, 7) is 3.60. The Morgan fingerprint density at radius 1 is 0.906 bits per heavy atom. The molecule has 2 aliphatic heterocycles. The van der Waals surface area contributed by atoms with Crippen molar-refractivity contribution >= 4 is 0 Å². The van der Waals surface area contributed by atoms with Crippen LogP contribution in [-0.2, 0) is 6.54 Å². The zero-order chi connectivity index (χ0) is 21.9. The smallest absolute Gasteiger partial charge is 0.131 e. The summed E-state index contributed by atoms with van der Waals surface area (Å²) >= 11 is 0. The van der Waals surface area contributed by atoms with Crippen molar-refractivity contribution in [3.63, 3.8) is 0 Å². The second-order valence-corrected chi connectivity index (χ2v) is 9.01. The van der Waals surface area contributed by atoms with Gasteiger partial charge in [-0.05, 0) is 42.6 Å². The zero-order valence-corrected chi connectivity index (χ0v) is 18.7. The second kappa shape index (κ2) is 9.43. The lowest BCUT2D eigenvalue weighted by Crippen LogP contribution is -2.57. The van der Waals surface area contributed by atoms with Crippen molar-refractivity contribution in [1.29, 1.82) is 0 Å².